The van der Waals surface area contributed by atoms with E-state index in [0.29, 0.717) is 22.2 Å². The Morgan fingerprint density at radius 1 is 0.783 bits per heavy atom. The smallest absolute Gasteiger partial charge is 0.331 e. The normalized spacial score (nSPS) is 13.7. The molecule has 0 saturated carbocycles. The molecular weight excluding hydrogens is 629 g/mol. The largest absolute Gasteiger partial charge is 0.756 e. The van der Waals surface area contributed by atoms with Crippen LogP contribution in [0.5, 0.6) is 34.5 Å². The number of quaternary nitrogens is 1. The van der Waals surface area contributed by atoms with Crippen LogP contribution in [0.15, 0.2) is 36.4 Å². The van der Waals surface area contributed by atoms with E-state index in [4.69, 9.17) is 37.5 Å². The summed E-state index contributed by atoms with van der Waals surface area (Å²) in [7, 11) is 6.14. The molecule has 0 spiro atoms. The minimum absolute atomic E-state index is 0.0965. The molecule has 0 bridgehead atoms. The van der Waals surface area contributed by atoms with Gasteiger partial charge >= 0.3 is 11.9 Å². The number of aromatic hydroxyl groups is 2. The lowest BCUT2D eigenvalue weighted by atomic mass is 10.1. The minimum atomic E-state index is -4.80. The van der Waals surface area contributed by atoms with Crippen molar-refractivity contribution in [2.45, 2.75) is 6.10 Å². The second-order valence-electron chi connectivity index (χ2n) is 10.5. The third-order valence-corrected chi connectivity index (χ3v) is 6.92. The Kier molecular flexibility index (Phi) is 14.4. The molecule has 0 aliphatic rings. The molecule has 2 aromatic carbocycles. The quantitative estimate of drug-likeness (QED) is 0.102. The average Bonchev–Trinajstić information content (AvgIpc) is 3.00. The molecule has 46 heavy (non-hydrogen) atoms. The summed E-state index contributed by atoms with van der Waals surface area (Å²) in [6, 6.07) is 5.79. The van der Waals surface area contributed by atoms with E-state index in [1.807, 2.05) is 21.1 Å². The van der Waals surface area contributed by atoms with E-state index in [1.54, 1.807) is 0 Å². The van der Waals surface area contributed by atoms with Crippen LogP contribution in [0.1, 0.15) is 11.1 Å². The molecule has 2 atom stereocenters. The molecule has 2 N–H and O–H groups in total. The van der Waals surface area contributed by atoms with Crippen LogP contribution in [-0.4, -0.2) is 109 Å². The summed E-state index contributed by atoms with van der Waals surface area (Å²) in [5.74, 6) is -1.83. The highest BCUT2D eigenvalue weighted by Gasteiger charge is 2.21. The summed E-state index contributed by atoms with van der Waals surface area (Å²) >= 11 is 0. The van der Waals surface area contributed by atoms with Crippen LogP contribution in [0.25, 0.3) is 12.2 Å². The standard InChI is InChI=1S/C30H40NO14P/c1-31(2,3)12-13-43-46(36,37)44-19-22(45-28(33)11-9-21-16-25(40-6)30(35)26(17-21)41-7)18-42-27(32)10-8-20-14-23(38-4)29(34)24(15-20)39-5/h8-11,14-17,22H,12-13,18-19H2,1-7H3,(H2-,32,33,34,35,36,37)/t22-/m1/s1. The first-order valence-electron chi connectivity index (χ1n) is 13.7. The minimum Gasteiger partial charge on any atom is -0.756 e. The van der Waals surface area contributed by atoms with Gasteiger partial charge in [-0.15, -0.1) is 0 Å². The van der Waals surface area contributed by atoms with E-state index < -0.39 is 39.1 Å². The molecule has 0 saturated heterocycles. The Bertz CT molecular complexity index is 1400. The predicted octanol–water partition coefficient (Wildman–Crippen LogP) is 2.52. The number of phenolic OH excluding ortho intramolecular Hbond substituents is 2. The number of nitrogens with zero attached hydrogens (tertiary/aromatic N) is 1. The van der Waals surface area contributed by atoms with Gasteiger partial charge in [-0.1, -0.05) is 0 Å². The molecule has 0 heterocycles. The number of methoxy groups -OCH3 is 4. The van der Waals surface area contributed by atoms with Crippen LogP contribution in [0.4, 0.5) is 0 Å². The Labute approximate surface area is 267 Å². The van der Waals surface area contributed by atoms with Gasteiger partial charge in [0.05, 0.1) is 56.2 Å². The number of rotatable bonds is 18. The first-order chi connectivity index (χ1) is 21.6. The Morgan fingerprint density at radius 3 is 1.63 bits per heavy atom. The summed E-state index contributed by atoms with van der Waals surface area (Å²) in [6.07, 6.45) is 3.42. The molecular formula is C30H40NO14P. The second kappa shape index (κ2) is 17.4. The summed E-state index contributed by atoms with van der Waals surface area (Å²) in [4.78, 5) is 37.4. The van der Waals surface area contributed by atoms with Gasteiger partial charge in [-0.25, -0.2) is 9.59 Å². The molecule has 0 aliphatic carbocycles. The molecule has 254 valence electrons. The number of phosphoric acid groups is 1. The van der Waals surface area contributed by atoms with Crippen LogP contribution in [0.3, 0.4) is 0 Å². The summed E-state index contributed by atoms with van der Waals surface area (Å²) in [6.45, 7) is -1.07. The first-order valence-corrected chi connectivity index (χ1v) is 15.1. The lowest BCUT2D eigenvalue weighted by molar-refractivity contribution is -0.870. The van der Waals surface area contributed by atoms with Crippen molar-refractivity contribution in [3.05, 3.63) is 47.5 Å². The molecule has 2 aromatic rings. The molecule has 1 unspecified atom stereocenters. The van der Waals surface area contributed by atoms with E-state index in [-0.39, 0.29) is 41.1 Å². The van der Waals surface area contributed by atoms with Gasteiger partial charge in [-0.05, 0) is 47.5 Å². The monoisotopic (exact) mass is 669 g/mol. The van der Waals surface area contributed by atoms with Gasteiger partial charge in [0.25, 0.3) is 7.82 Å². The number of carbonyl (C=O) groups excluding carboxylic acids is 2. The number of ether oxygens (including phenoxy) is 6. The molecule has 0 radical (unpaired) electrons. The van der Waals surface area contributed by atoms with Crippen molar-refractivity contribution in [3.63, 3.8) is 0 Å². The molecule has 16 heteroatoms. The van der Waals surface area contributed by atoms with E-state index in [9.17, 15) is 29.3 Å². The number of benzene rings is 2. The molecule has 0 amide bonds. The van der Waals surface area contributed by atoms with Gasteiger partial charge in [0.1, 0.15) is 19.8 Å². The maximum atomic E-state index is 12.7. The van der Waals surface area contributed by atoms with Crippen molar-refractivity contribution < 1.29 is 71.2 Å². The number of esters is 2. The summed E-state index contributed by atoms with van der Waals surface area (Å²) in [5, 5.41) is 20.1. The second-order valence-corrected chi connectivity index (χ2v) is 11.9. The van der Waals surface area contributed by atoms with E-state index >= 15 is 0 Å². The molecule has 15 nitrogen and oxygen atoms in total. The van der Waals surface area contributed by atoms with Crippen molar-refractivity contribution in [1.29, 1.82) is 0 Å². The lowest BCUT2D eigenvalue weighted by Gasteiger charge is -2.28. The zero-order valence-corrected chi connectivity index (χ0v) is 27.6. The lowest BCUT2D eigenvalue weighted by Crippen LogP contribution is -2.37. The summed E-state index contributed by atoms with van der Waals surface area (Å²) in [5.41, 5.74) is 0.839. The van der Waals surface area contributed by atoms with Gasteiger partial charge in [-0.3, -0.25) is 4.57 Å². The third-order valence-electron chi connectivity index (χ3n) is 5.95. The maximum Gasteiger partial charge on any atom is 0.331 e. The van der Waals surface area contributed by atoms with E-state index in [2.05, 4.69) is 0 Å². The number of phenols is 2. The van der Waals surface area contributed by atoms with E-state index in [0.717, 1.165) is 12.2 Å². The fourth-order valence-corrected chi connectivity index (χ4v) is 4.26. The molecule has 2 rings (SSSR count). The van der Waals surface area contributed by atoms with Crippen LogP contribution in [0.2, 0.25) is 0 Å². The van der Waals surface area contributed by atoms with Gasteiger partial charge in [0, 0.05) is 12.2 Å². The topological polar surface area (TPSA) is 189 Å². The van der Waals surface area contributed by atoms with Crippen LogP contribution < -0.4 is 23.8 Å². The number of carbonyl (C=O) groups is 2. The van der Waals surface area contributed by atoms with E-state index in [1.165, 1.54) is 64.9 Å². The number of hydrogen-bond donors (Lipinski definition) is 2. The molecule has 0 aromatic heterocycles. The van der Waals surface area contributed by atoms with Gasteiger partial charge in [0.2, 0.25) is 11.5 Å². The fourth-order valence-electron chi connectivity index (χ4n) is 3.53. The summed E-state index contributed by atoms with van der Waals surface area (Å²) < 4.78 is 53.4. The maximum absolute atomic E-state index is 12.7. The van der Waals surface area contributed by atoms with Crippen molar-refractivity contribution in [1.82, 2.24) is 0 Å². The highest BCUT2D eigenvalue weighted by Crippen LogP contribution is 2.39. The van der Waals surface area contributed by atoms with Crippen LogP contribution in [0, 0.1) is 0 Å². The highest BCUT2D eigenvalue weighted by atomic mass is 31.2. The Balaban J connectivity index is 2.15. The number of hydrogen-bond acceptors (Lipinski definition) is 14. The zero-order valence-electron chi connectivity index (χ0n) is 26.7. The van der Waals surface area contributed by atoms with Crippen molar-refractivity contribution in [3.8, 4) is 34.5 Å². The van der Waals surface area contributed by atoms with Crippen molar-refractivity contribution in [2.75, 3.05) is 75.9 Å². The molecule has 0 fully saturated rings. The average molecular weight is 670 g/mol. The Hall–Kier alpha value is -4.27. The van der Waals surface area contributed by atoms with Gasteiger partial charge < -0.3 is 57.1 Å². The Morgan fingerprint density at radius 2 is 1.22 bits per heavy atom. The first kappa shape index (κ1) is 37.9. The third kappa shape index (κ3) is 12.6. The van der Waals surface area contributed by atoms with Crippen LogP contribution in [-0.2, 0) is 32.7 Å². The van der Waals surface area contributed by atoms with Gasteiger partial charge in [-0.2, -0.15) is 0 Å². The highest BCUT2D eigenvalue weighted by molar-refractivity contribution is 7.45. The molecule has 0 aliphatic heterocycles. The number of likely N-dealkylation sites (N-methyl/N-ethyl adjacent to an activating group) is 1. The van der Waals surface area contributed by atoms with Crippen molar-refractivity contribution >= 4 is 31.9 Å². The number of phosphoric ester groups is 1. The zero-order chi connectivity index (χ0) is 34.5. The van der Waals surface area contributed by atoms with Crippen LogP contribution >= 0.6 is 7.82 Å². The SMILES string of the molecule is COc1cc(/C=C/C(=O)OC[C@H](COP(=O)([O-])OCC[N+](C)(C)C)OC(=O)/C=C/c2cc(OC)c(O)c(OC)c2)cc(OC)c1O. The van der Waals surface area contributed by atoms with Crippen molar-refractivity contribution in [2.24, 2.45) is 0 Å². The van der Waals surface area contributed by atoms with Gasteiger partial charge in [0.15, 0.2) is 29.1 Å². The fraction of sp³-hybridized carbons (Fsp3) is 0.400. The predicted molar refractivity (Wildman–Crippen MR) is 164 cm³/mol.